The van der Waals surface area contributed by atoms with E-state index in [1.54, 1.807) is 19.1 Å². The van der Waals surface area contributed by atoms with E-state index in [2.05, 4.69) is 29.1 Å². The summed E-state index contributed by atoms with van der Waals surface area (Å²) in [7, 11) is 0. The molecule has 2 rings (SSSR count). The molecule has 0 bridgehead atoms. The molecule has 0 saturated heterocycles. The zero-order valence-electron chi connectivity index (χ0n) is 27.5. The second-order valence-electron chi connectivity index (χ2n) is 11.6. The molecule has 10 heteroatoms. The lowest BCUT2D eigenvalue weighted by atomic mass is 9.95. The van der Waals surface area contributed by atoms with Crippen molar-refractivity contribution in [3.63, 3.8) is 0 Å². The van der Waals surface area contributed by atoms with Gasteiger partial charge >= 0.3 is 12.1 Å². The van der Waals surface area contributed by atoms with Gasteiger partial charge in [0.05, 0.1) is 24.5 Å². The molecule has 0 aliphatic heterocycles. The molecule has 3 amide bonds. The van der Waals surface area contributed by atoms with Crippen molar-refractivity contribution >= 4 is 23.9 Å². The van der Waals surface area contributed by atoms with Crippen LogP contribution in [0.15, 0.2) is 86.0 Å². The maximum Gasteiger partial charge on any atom is 0.407 e. The fraction of sp³-hybridized carbons (Fsp3) is 0.459. The first-order valence-corrected chi connectivity index (χ1v) is 16.3. The summed E-state index contributed by atoms with van der Waals surface area (Å²) in [5.74, 6) is -2.11. The Hall–Kier alpha value is -4.44. The van der Waals surface area contributed by atoms with Gasteiger partial charge in [0.2, 0.25) is 11.8 Å². The van der Waals surface area contributed by atoms with Crippen LogP contribution in [0.1, 0.15) is 63.0 Å². The van der Waals surface area contributed by atoms with E-state index in [1.165, 1.54) is 0 Å². The smallest absolute Gasteiger partial charge is 0.407 e. The predicted octanol–water partition coefficient (Wildman–Crippen LogP) is 5.02. The average Bonchev–Trinajstić information content (AvgIpc) is 3.08. The third-order valence-corrected chi connectivity index (χ3v) is 7.55. The summed E-state index contributed by atoms with van der Waals surface area (Å²) in [5, 5.41) is 17.6. The summed E-state index contributed by atoms with van der Waals surface area (Å²) in [6, 6.07) is 18.2. The molecule has 10 nitrogen and oxygen atoms in total. The number of ether oxygens (including phenoxy) is 2. The van der Waals surface area contributed by atoms with Crippen LogP contribution in [0.4, 0.5) is 4.79 Å². The molecule has 0 fully saturated rings. The van der Waals surface area contributed by atoms with E-state index in [-0.39, 0.29) is 56.4 Å². The topological polar surface area (TPSA) is 143 Å². The highest BCUT2D eigenvalue weighted by atomic mass is 16.5. The van der Waals surface area contributed by atoms with Crippen molar-refractivity contribution in [1.29, 1.82) is 0 Å². The lowest BCUT2D eigenvalue weighted by Crippen LogP contribution is -2.44. The summed E-state index contributed by atoms with van der Waals surface area (Å²) in [6.45, 7) is 9.47. The zero-order valence-corrected chi connectivity index (χ0v) is 27.5. The largest absolute Gasteiger partial charge is 0.463 e. The Kier molecular flexibility index (Phi) is 18.9. The van der Waals surface area contributed by atoms with E-state index in [0.29, 0.717) is 45.1 Å². The molecule has 2 aromatic carbocycles. The highest BCUT2D eigenvalue weighted by Crippen LogP contribution is 2.18. The highest BCUT2D eigenvalue weighted by Gasteiger charge is 2.26. The number of amides is 3. The van der Waals surface area contributed by atoms with Gasteiger partial charge in [-0.05, 0) is 63.0 Å². The first-order chi connectivity index (χ1) is 22.7. The van der Waals surface area contributed by atoms with Gasteiger partial charge in [-0.1, -0.05) is 72.8 Å². The van der Waals surface area contributed by atoms with Crippen LogP contribution in [0.3, 0.4) is 0 Å². The minimum Gasteiger partial charge on any atom is -0.463 e. The Labute approximate surface area is 279 Å². The van der Waals surface area contributed by atoms with Crippen LogP contribution in [0.5, 0.6) is 0 Å². The highest BCUT2D eigenvalue weighted by molar-refractivity contribution is 5.86. The number of esters is 1. The second kappa shape index (κ2) is 23.0. The average molecular weight is 650 g/mol. The Balaban J connectivity index is 2.00. The third-order valence-electron chi connectivity index (χ3n) is 7.55. The number of hydrogen-bond donors (Lipinski definition) is 4. The molecular weight excluding hydrogens is 598 g/mol. The number of carbonyl (C=O) groups excluding carboxylic acids is 4. The molecule has 0 saturated carbocycles. The van der Waals surface area contributed by atoms with Crippen molar-refractivity contribution in [2.75, 3.05) is 19.8 Å². The number of rotatable bonds is 23. The fourth-order valence-electron chi connectivity index (χ4n) is 4.91. The van der Waals surface area contributed by atoms with Gasteiger partial charge in [-0.15, -0.1) is 13.2 Å². The summed E-state index contributed by atoms with van der Waals surface area (Å²) < 4.78 is 11.0. The lowest BCUT2D eigenvalue weighted by molar-refractivity contribution is -0.150. The molecule has 0 spiro atoms. The van der Waals surface area contributed by atoms with Gasteiger partial charge in [0, 0.05) is 19.0 Å². The Morgan fingerprint density at radius 3 is 2.17 bits per heavy atom. The van der Waals surface area contributed by atoms with Crippen LogP contribution in [0.25, 0.3) is 0 Å². The van der Waals surface area contributed by atoms with Gasteiger partial charge in [-0.2, -0.15) is 0 Å². The van der Waals surface area contributed by atoms with Gasteiger partial charge in [-0.3, -0.25) is 14.4 Å². The zero-order chi connectivity index (χ0) is 34.3. The van der Waals surface area contributed by atoms with Crippen LogP contribution in [-0.4, -0.2) is 60.8 Å². The molecule has 47 heavy (non-hydrogen) atoms. The van der Waals surface area contributed by atoms with Crippen LogP contribution in [0, 0.1) is 11.8 Å². The number of benzene rings is 2. The van der Waals surface area contributed by atoms with E-state index in [4.69, 9.17) is 9.47 Å². The SMILES string of the molecule is C=CCC[C@H](Cc1ccccc1)C(=O)OC[C@H](CCCCNC(=O)OCc1ccccc1)NC(=O)[C@H](CC=C)CC(=O)N[C@H](C)CO. The molecule has 0 aromatic heterocycles. The normalized spacial score (nSPS) is 13.2. The number of aliphatic hydroxyl groups is 1. The minimum atomic E-state index is -0.684. The van der Waals surface area contributed by atoms with Crippen LogP contribution < -0.4 is 16.0 Å². The van der Waals surface area contributed by atoms with E-state index in [1.807, 2.05) is 60.7 Å². The molecule has 4 atom stereocenters. The molecule has 0 radical (unpaired) electrons. The summed E-state index contributed by atoms with van der Waals surface area (Å²) in [4.78, 5) is 51.2. The van der Waals surface area contributed by atoms with E-state index >= 15 is 0 Å². The predicted molar refractivity (Wildman–Crippen MR) is 182 cm³/mol. The molecular formula is C37H51N3O7. The summed E-state index contributed by atoms with van der Waals surface area (Å²) >= 11 is 0. The van der Waals surface area contributed by atoms with Crippen molar-refractivity contribution in [3.8, 4) is 0 Å². The number of aliphatic hydroxyl groups excluding tert-OH is 1. The Morgan fingerprint density at radius 1 is 0.851 bits per heavy atom. The number of hydrogen-bond acceptors (Lipinski definition) is 7. The van der Waals surface area contributed by atoms with Crippen LogP contribution >= 0.6 is 0 Å². The first-order valence-electron chi connectivity index (χ1n) is 16.3. The molecule has 0 aliphatic carbocycles. The second-order valence-corrected chi connectivity index (χ2v) is 11.6. The van der Waals surface area contributed by atoms with Crippen molar-refractivity contribution in [2.24, 2.45) is 11.8 Å². The molecule has 256 valence electrons. The van der Waals surface area contributed by atoms with Gasteiger partial charge in [-0.25, -0.2) is 4.79 Å². The van der Waals surface area contributed by atoms with Crippen molar-refractivity contribution in [3.05, 3.63) is 97.1 Å². The van der Waals surface area contributed by atoms with Gasteiger partial charge in [0.15, 0.2) is 0 Å². The third kappa shape index (κ3) is 16.6. The first kappa shape index (κ1) is 38.7. The molecule has 0 aliphatic rings. The standard InChI is InChI=1S/C37H51N3O7/c1-4-6-20-32(23-29-16-9-7-10-17-29)36(44)46-27-33(40-35(43)31(15-5-2)24-34(42)39-28(3)25-41)21-13-14-22-38-37(45)47-26-30-18-11-8-12-19-30/h4-5,7-12,16-19,28,31-33,41H,1-2,6,13-15,20-27H2,3H3,(H,38,45)(H,39,42)(H,40,43)/t28-,31-,32-,33+/m1/s1. The minimum absolute atomic E-state index is 0.0367. The molecule has 0 heterocycles. The van der Waals surface area contributed by atoms with Crippen molar-refractivity contribution in [1.82, 2.24) is 16.0 Å². The van der Waals surface area contributed by atoms with Crippen LogP contribution in [-0.2, 0) is 36.9 Å². The summed E-state index contributed by atoms with van der Waals surface area (Å²) in [5.41, 5.74) is 1.92. The number of carbonyl (C=O) groups is 4. The number of unbranched alkanes of at least 4 members (excludes halogenated alkanes) is 1. The monoisotopic (exact) mass is 649 g/mol. The number of allylic oxidation sites excluding steroid dienone is 2. The maximum atomic E-state index is 13.3. The van der Waals surface area contributed by atoms with Gasteiger partial charge < -0.3 is 30.5 Å². The summed E-state index contributed by atoms with van der Waals surface area (Å²) in [6.07, 6.45) is 6.51. The number of alkyl carbamates (subject to hydrolysis) is 1. The molecule has 2 aromatic rings. The van der Waals surface area contributed by atoms with E-state index in [9.17, 15) is 24.3 Å². The van der Waals surface area contributed by atoms with Crippen molar-refractivity contribution < 1.29 is 33.8 Å². The Bertz CT molecular complexity index is 1240. The van der Waals surface area contributed by atoms with Gasteiger partial charge in [0.25, 0.3) is 0 Å². The number of nitrogens with one attached hydrogen (secondary N) is 3. The Morgan fingerprint density at radius 2 is 1.53 bits per heavy atom. The lowest BCUT2D eigenvalue weighted by Gasteiger charge is -2.24. The van der Waals surface area contributed by atoms with Crippen LogP contribution in [0.2, 0.25) is 0 Å². The maximum absolute atomic E-state index is 13.3. The fourth-order valence-corrected chi connectivity index (χ4v) is 4.91. The van der Waals surface area contributed by atoms with Gasteiger partial charge in [0.1, 0.15) is 13.2 Å². The molecule has 4 N–H and O–H groups in total. The quantitative estimate of drug-likeness (QED) is 0.0753. The van der Waals surface area contributed by atoms with Crippen molar-refractivity contribution in [2.45, 2.75) is 77.0 Å². The van der Waals surface area contributed by atoms with E-state index in [0.717, 1.165) is 11.1 Å². The van der Waals surface area contributed by atoms with E-state index < -0.39 is 24.1 Å². The molecule has 0 unspecified atom stereocenters.